The highest BCUT2D eigenvalue weighted by Gasteiger charge is 2.27. The maximum absolute atomic E-state index is 12.3. The number of alkyl halides is 3. The number of carbonyl (C=O) groups excluding carboxylic acids is 1. The largest absolute Gasteiger partial charge is 0.393 e. The molecule has 0 saturated heterocycles. The zero-order valence-corrected chi connectivity index (χ0v) is 12.1. The number of nitrogens with one attached hydrogen (secondary N) is 2. The first-order valence-electron chi connectivity index (χ1n) is 6.67. The normalized spacial score (nSPS) is 12.8. The van der Waals surface area contributed by atoms with E-state index in [1.54, 1.807) is 0 Å². The number of hydrogen-bond donors (Lipinski definition) is 3. The number of aliphatic hydroxyl groups excluding tert-OH is 1. The molecule has 0 aliphatic carbocycles. The third kappa shape index (κ3) is 7.84. The molecule has 0 saturated carbocycles. The fraction of sp³-hybridized carbons (Fsp3) is 0.500. The molecule has 1 rings (SSSR count). The topological polar surface area (TPSA) is 70.6 Å². The first-order chi connectivity index (χ1) is 10.3. The number of amides is 2. The van der Waals surface area contributed by atoms with Crippen molar-refractivity contribution in [2.45, 2.75) is 25.1 Å². The summed E-state index contributed by atoms with van der Waals surface area (Å²) < 4.78 is 41.7. The van der Waals surface area contributed by atoms with Crippen molar-refractivity contribution in [3.05, 3.63) is 29.8 Å². The average molecular weight is 320 g/mol. The van der Waals surface area contributed by atoms with Crippen LogP contribution in [0.15, 0.2) is 24.3 Å². The number of halogens is 3. The summed E-state index contributed by atoms with van der Waals surface area (Å²) in [6.07, 6.45) is -5.71. The van der Waals surface area contributed by atoms with Crippen LogP contribution in [-0.2, 0) is 11.2 Å². The highest BCUT2D eigenvalue weighted by molar-refractivity contribution is 5.89. The molecule has 1 aromatic rings. The van der Waals surface area contributed by atoms with Crippen molar-refractivity contribution in [1.29, 1.82) is 0 Å². The van der Waals surface area contributed by atoms with Crippen molar-refractivity contribution < 1.29 is 27.8 Å². The van der Waals surface area contributed by atoms with E-state index in [0.29, 0.717) is 6.42 Å². The van der Waals surface area contributed by atoms with Gasteiger partial charge in [0.25, 0.3) is 0 Å². The zero-order valence-electron chi connectivity index (χ0n) is 12.1. The van der Waals surface area contributed by atoms with Crippen molar-refractivity contribution in [2.75, 3.05) is 25.6 Å². The molecule has 3 N–H and O–H groups in total. The molecule has 0 spiro atoms. The van der Waals surface area contributed by atoms with E-state index in [1.165, 1.54) is 31.4 Å². The lowest BCUT2D eigenvalue weighted by Crippen LogP contribution is -2.32. The van der Waals surface area contributed by atoms with Gasteiger partial charge in [-0.3, -0.25) is 0 Å². The van der Waals surface area contributed by atoms with E-state index >= 15 is 0 Å². The van der Waals surface area contributed by atoms with E-state index < -0.39 is 24.7 Å². The monoisotopic (exact) mass is 320 g/mol. The Morgan fingerprint density at radius 2 is 2.14 bits per heavy atom. The Labute approximate surface area is 126 Å². The lowest BCUT2D eigenvalue weighted by Gasteiger charge is -2.12. The summed E-state index contributed by atoms with van der Waals surface area (Å²) in [5, 5.41) is 14.3. The van der Waals surface area contributed by atoms with E-state index in [9.17, 15) is 23.1 Å². The second-order valence-electron chi connectivity index (χ2n) is 4.77. The molecule has 1 unspecified atom stereocenters. The van der Waals surface area contributed by atoms with Crippen molar-refractivity contribution in [3.63, 3.8) is 0 Å². The average Bonchev–Trinajstić information content (AvgIpc) is 2.37. The van der Waals surface area contributed by atoms with Gasteiger partial charge in [0.1, 0.15) is 0 Å². The minimum absolute atomic E-state index is 0.0702. The van der Waals surface area contributed by atoms with Gasteiger partial charge < -0.3 is 20.5 Å². The van der Waals surface area contributed by atoms with E-state index in [-0.39, 0.29) is 24.4 Å². The van der Waals surface area contributed by atoms with E-state index in [2.05, 4.69) is 10.6 Å². The van der Waals surface area contributed by atoms with Crippen LogP contribution in [0.3, 0.4) is 0 Å². The summed E-state index contributed by atoms with van der Waals surface area (Å²) in [6.45, 7) is 0.390. The number of rotatable bonds is 7. The lowest BCUT2D eigenvalue weighted by molar-refractivity contribution is -0.127. The van der Waals surface area contributed by atoms with Crippen molar-refractivity contribution in [2.24, 2.45) is 0 Å². The molecule has 2 amide bonds. The van der Waals surface area contributed by atoms with E-state index in [4.69, 9.17) is 4.74 Å². The molecular formula is C14H19F3N2O3. The molecule has 22 heavy (non-hydrogen) atoms. The van der Waals surface area contributed by atoms with Crippen LogP contribution < -0.4 is 10.6 Å². The van der Waals surface area contributed by atoms with Gasteiger partial charge in [-0.1, -0.05) is 12.1 Å². The second-order valence-corrected chi connectivity index (χ2v) is 4.77. The number of urea groups is 1. The van der Waals surface area contributed by atoms with Gasteiger partial charge in [-0.05, 0) is 24.1 Å². The van der Waals surface area contributed by atoms with Crippen molar-refractivity contribution in [3.8, 4) is 0 Å². The van der Waals surface area contributed by atoms with Crippen molar-refractivity contribution >= 4 is 11.7 Å². The van der Waals surface area contributed by atoms with Crippen LogP contribution in [0, 0.1) is 0 Å². The fourth-order valence-electron chi connectivity index (χ4n) is 1.79. The van der Waals surface area contributed by atoms with Gasteiger partial charge in [0.15, 0.2) is 0 Å². The van der Waals surface area contributed by atoms with Crippen molar-refractivity contribution in [1.82, 2.24) is 5.32 Å². The van der Waals surface area contributed by atoms with Gasteiger partial charge in [0.05, 0.1) is 19.1 Å². The van der Waals surface area contributed by atoms with E-state index in [1.807, 2.05) is 0 Å². The Hall–Kier alpha value is -1.80. The third-order valence-electron chi connectivity index (χ3n) is 2.71. The number of ether oxygens (including phenoxy) is 1. The Kier molecular flexibility index (Phi) is 7.13. The molecule has 1 atom stereocenters. The predicted octanol–water partition coefficient (Wildman–Crippen LogP) is 2.31. The first-order valence-corrected chi connectivity index (χ1v) is 6.67. The Bertz CT molecular complexity index is 481. The van der Waals surface area contributed by atoms with Crippen LogP contribution >= 0.6 is 0 Å². The van der Waals surface area contributed by atoms with Crippen LogP contribution in [0.2, 0.25) is 0 Å². The van der Waals surface area contributed by atoms with Gasteiger partial charge in [-0.2, -0.15) is 13.2 Å². The molecular weight excluding hydrogens is 301 g/mol. The first kappa shape index (κ1) is 18.2. The molecule has 5 nitrogen and oxygen atoms in total. The quantitative estimate of drug-likeness (QED) is 0.722. The SMILES string of the molecule is COCC(O)CCNC(=O)Nc1cccc(CC(F)(F)F)c1. The number of carbonyl (C=O) groups is 1. The summed E-state index contributed by atoms with van der Waals surface area (Å²) in [4.78, 5) is 11.6. The minimum Gasteiger partial charge on any atom is -0.391 e. The molecule has 1 aromatic carbocycles. The summed E-state index contributed by atoms with van der Waals surface area (Å²) in [5.74, 6) is 0. The predicted molar refractivity (Wildman–Crippen MR) is 75.7 cm³/mol. The fourth-order valence-corrected chi connectivity index (χ4v) is 1.79. The number of methoxy groups -OCH3 is 1. The van der Waals surface area contributed by atoms with Gasteiger partial charge in [0.2, 0.25) is 0 Å². The van der Waals surface area contributed by atoms with Gasteiger partial charge in [-0.25, -0.2) is 4.79 Å². The second kappa shape index (κ2) is 8.60. The molecule has 0 aromatic heterocycles. The molecule has 0 heterocycles. The zero-order chi connectivity index (χ0) is 16.6. The van der Waals surface area contributed by atoms with Gasteiger partial charge >= 0.3 is 12.2 Å². The molecule has 0 radical (unpaired) electrons. The number of aliphatic hydroxyl groups is 1. The Balaban J connectivity index is 2.43. The maximum Gasteiger partial charge on any atom is 0.393 e. The number of benzene rings is 1. The summed E-state index contributed by atoms with van der Waals surface area (Å²) in [5.41, 5.74) is 0.345. The molecule has 0 aliphatic rings. The highest BCUT2D eigenvalue weighted by atomic mass is 19.4. The number of anilines is 1. The smallest absolute Gasteiger partial charge is 0.391 e. The Morgan fingerprint density at radius 3 is 2.77 bits per heavy atom. The lowest BCUT2D eigenvalue weighted by atomic mass is 10.1. The summed E-state index contributed by atoms with van der Waals surface area (Å²) in [7, 11) is 1.46. The van der Waals surface area contributed by atoms with Crippen LogP contribution in [0.5, 0.6) is 0 Å². The molecule has 8 heteroatoms. The third-order valence-corrected chi connectivity index (χ3v) is 2.71. The van der Waals surface area contributed by atoms with Gasteiger partial charge in [-0.15, -0.1) is 0 Å². The minimum atomic E-state index is -4.29. The van der Waals surface area contributed by atoms with Crippen LogP contribution in [0.25, 0.3) is 0 Å². The summed E-state index contributed by atoms with van der Waals surface area (Å²) >= 11 is 0. The highest BCUT2D eigenvalue weighted by Crippen LogP contribution is 2.22. The van der Waals surface area contributed by atoms with E-state index in [0.717, 1.165) is 0 Å². The summed E-state index contributed by atoms with van der Waals surface area (Å²) in [6, 6.07) is 5.01. The molecule has 0 aliphatic heterocycles. The molecule has 0 fully saturated rings. The molecule has 124 valence electrons. The van der Waals surface area contributed by atoms with Crippen LogP contribution in [0.4, 0.5) is 23.7 Å². The maximum atomic E-state index is 12.3. The van der Waals surface area contributed by atoms with Crippen LogP contribution in [-0.4, -0.2) is 43.7 Å². The number of hydrogen-bond acceptors (Lipinski definition) is 3. The van der Waals surface area contributed by atoms with Gasteiger partial charge in [0, 0.05) is 19.3 Å². The standard InChI is InChI=1S/C14H19F3N2O3/c1-22-9-12(20)5-6-18-13(21)19-11-4-2-3-10(7-11)8-14(15,16)17/h2-4,7,12,20H,5-6,8-9H2,1H3,(H2,18,19,21). The van der Waals surface area contributed by atoms with Crippen LogP contribution in [0.1, 0.15) is 12.0 Å². The molecule has 0 bridgehead atoms. The Morgan fingerprint density at radius 1 is 1.41 bits per heavy atom.